The average molecular weight is 546 g/mol. The van der Waals surface area contributed by atoms with Crippen molar-refractivity contribution in [2.45, 2.75) is 38.7 Å². The molecule has 2 unspecified atom stereocenters. The van der Waals surface area contributed by atoms with E-state index in [1.807, 2.05) is 18.7 Å². The Labute approximate surface area is 220 Å². The first kappa shape index (κ1) is 26.2. The smallest absolute Gasteiger partial charge is 0.374 e. The van der Waals surface area contributed by atoms with Crippen LogP contribution in [0, 0.1) is 6.92 Å². The number of thiazole rings is 1. The Bertz CT molecular complexity index is 1450. The first-order valence-corrected chi connectivity index (χ1v) is 12.8. The Morgan fingerprint density at radius 3 is 2.63 bits per heavy atom. The minimum absolute atomic E-state index is 0.0421. The van der Waals surface area contributed by atoms with Crippen LogP contribution in [0.2, 0.25) is 0 Å². The summed E-state index contributed by atoms with van der Waals surface area (Å²) in [5.41, 5.74) is 2.28. The van der Waals surface area contributed by atoms with Gasteiger partial charge in [-0.2, -0.15) is 18.3 Å². The number of hydrogen-bond acceptors (Lipinski definition) is 8. The molecule has 0 aliphatic carbocycles. The predicted octanol–water partition coefficient (Wildman–Crippen LogP) is 4.10. The summed E-state index contributed by atoms with van der Waals surface area (Å²) in [5.74, 6) is -1.62. The number of amides is 1. The Kier molecular flexibility index (Phi) is 7.16. The molecule has 4 aromatic rings. The minimum atomic E-state index is -4.63. The van der Waals surface area contributed by atoms with Crippen molar-refractivity contribution in [3.05, 3.63) is 58.7 Å². The number of carbonyl (C=O) groups excluding carboxylic acids is 1. The SMILES string of the molecule is Cc1cnc(-c2cc(C(=O)NC(C)c3cnc(C(F)(F)F)nc3)cc3c2cnn3CC2CN(C)CCO2)s1. The van der Waals surface area contributed by atoms with Gasteiger partial charge in [-0.05, 0) is 33.0 Å². The molecule has 0 spiro atoms. The third-order valence-corrected chi connectivity index (χ3v) is 7.31. The van der Waals surface area contributed by atoms with Gasteiger partial charge >= 0.3 is 6.18 Å². The second-order valence-electron chi connectivity index (χ2n) is 9.35. The lowest BCUT2D eigenvalue weighted by molar-refractivity contribution is -0.145. The van der Waals surface area contributed by atoms with E-state index in [9.17, 15) is 18.0 Å². The highest BCUT2D eigenvalue weighted by Crippen LogP contribution is 2.33. The van der Waals surface area contributed by atoms with Crippen molar-refractivity contribution in [3.8, 4) is 10.6 Å². The first-order valence-electron chi connectivity index (χ1n) is 12.0. The van der Waals surface area contributed by atoms with Crippen LogP contribution in [0.1, 0.15) is 39.6 Å². The maximum absolute atomic E-state index is 13.3. The summed E-state index contributed by atoms with van der Waals surface area (Å²) < 4.78 is 46.2. The zero-order valence-corrected chi connectivity index (χ0v) is 21.8. The van der Waals surface area contributed by atoms with Gasteiger partial charge in [-0.15, -0.1) is 11.3 Å². The van der Waals surface area contributed by atoms with E-state index in [4.69, 9.17) is 4.74 Å². The fourth-order valence-electron chi connectivity index (χ4n) is 4.35. The molecule has 1 saturated heterocycles. The molecular weight excluding hydrogens is 519 g/mol. The van der Waals surface area contributed by atoms with Gasteiger partial charge in [-0.25, -0.2) is 15.0 Å². The normalized spacial score (nSPS) is 17.6. The molecule has 4 heterocycles. The fraction of sp³-hybridized carbons (Fsp3) is 0.400. The second-order valence-corrected chi connectivity index (χ2v) is 10.6. The molecule has 2 atom stereocenters. The number of aromatic nitrogens is 5. The number of fused-ring (bicyclic) bond motifs is 1. The molecule has 0 bridgehead atoms. The van der Waals surface area contributed by atoms with E-state index in [0.29, 0.717) is 24.3 Å². The van der Waals surface area contributed by atoms with Crippen LogP contribution in [0.3, 0.4) is 0 Å². The van der Waals surface area contributed by atoms with Crippen LogP contribution in [-0.4, -0.2) is 68.4 Å². The summed E-state index contributed by atoms with van der Waals surface area (Å²) >= 11 is 1.52. The molecule has 1 amide bonds. The van der Waals surface area contributed by atoms with Crippen LogP contribution in [0.5, 0.6) is 0 Å². The minimum Gasteiger partial charge on any atom is -0.374 e. The van der Waals surface area contributed by atoms with Crippen molar-refractivity contribution in [1.82, 2.24) is 34.9 Å². The number of aryl methyl sites for hydroxylation is 1. The van der Waals surface area contributed by atoms with E-state index >= 15 is 0 Å². The van der Waals surface area contributed by atoms with E-state index in [1.54, 1.807) is 31.5 Å². The van der Waals surface area contributed by atoms with Crippen LogP contribution in [0.4, 0.5) is 13.2 Å². The number of benzene rings is 1. The quantitative estimate of drug-likeness (QED) is 0.390. The molecular formula is C25H26F3N7O2S. The number of hydrogen-bond donors (Lipinski definition) is 1. The van der Waals surface area contributed by atoms with E-state index in [2.05, 4.69) is 30.3 Å². The fourth-order valence-corrected chi connectivity index (χ4v) is 5.15. The lowest BCUT2D eigenvalue weighted by Crippen LogP contribution is -2.42. The van der Waals surface area contributed by atoms with E-state index < -0.39 is 23.9 Å². The first-order chi connectivity index (χ1) is 18.1. The van der Waals surface area contributed by atoms with E-state index in [-0.39, 0.29) is 6.10 Å². The molecule has 9 nitrogen and oxygen atoms in total. The van der Waals surface area contributed by atoms with Crippen molar-refractivity contribution in [1.29, 1.82) is 0 Å². The van der Waals surface area contributed by atoms with Crippen LogP contribution in [-0.2, 0) is 17.5 Å². The third-order valence-electron chi connectivity index (χ3n) is 6.37. The molecule has 1 aromatic carbocycles. The molecule has 1 aliphatic heterocycles. The lowest BCUT2D eigenvalue weighted by atomic mass is 10.0. The number of alkyl halides is 3. The van der Waals surface area contributed by atoms with Gasteiger partial charge in [0, 0.05) is 58.6 Å². The van der Waals surface area contributed by atoms with Gasteiger partial charge in [0.25, 0.3) is 5.91 Å². The summed E-state index contributed by atoms with van der Waals surface area (Å²) in [6.45, 7) is 6.43. The molecule has 3 aromatic heterocycles. The molecule has 5 rings (SSSR count). The van der Waals surface area contributed by atoms with Crippen molar-refractivity contribution in [2.75, 3.05) is 26.7 Å². The van der Waals surface area contributed by atoms with Gasteiger partial charge in [0.05, 0.1) is 37.0 Å². The Morgan fingerprint density at radius 1 is 1.21 bits per heavy atom. The van der Waals surface area contributed by atoms with Crippen LogP contribution >= 0.6 is 11.3 Å². The summed E-state index contributed by atoms with van der Waals surface area (Å²) in [6, 6.07) is 2.91. The number of rotatable bonds is 6. The van der Waals surface area contributed by atoms with Gasteiger partial charge in [0.15, 0.2) is 0 Å². The molecule has 1 N–H and O–H groups in total. The number of likely N-dealkylation sites (N-methyl/N-ethyl adjacent to an activating group) is 1. The highest BCUT2D eigenvalue weighted by molar-refractivity contribution is 7.15. The van der Waals surface area contributed by atoms with Crippen molar-refractivity contribution in [3.63, 3.8) is 0 Å². The number of halogens is 3. The summed E-state index contributed by atoms with van der Waals surface area (Å²) in [5, 5.41) is 9.07. The summed E-state index contributed by atoms with van der Waals surface area (Å²) in [4.78, 5) is 27.9. The lowest BCUT2D eigenvalue weighted by Gasteiger charge is -2.30. The van der Waals surface area contributed by atoms with Gasteiger partial charge in [-0.3, -0.25) is 9.48 Å². The molecule has 13 heteroatoms. The van der Waals surface area contributed by atoms with Crippen LogP contribution in [0.25, 0.3) is 21.5 Å². The standard InChI is InChI=1S/C25H26F3N7O2S/c1-14-8-29-23(38-14)19-6-16(22(36)33-15(2)17-9-30-24(31-10-17)25(26,27)28)7-21-20(19)11-32-35(21)13-18-12-34(3)4-5-37-18/h6-11,15,18H,4-5,12-13H2,1-3H3,(H,33,36). The van der Waals surface area contributed by atoms with Gasteiger partial charge in [-0.1, -0.05) is 0 Å². The van der Waals surface area contributed by atoms with Gasteiger partial charge in [0.2, 0.25) is 5.82 Å². The van der Waals surface area contributed by atoms with Crippen molar-refractivity contribution in [2.24, 2.45) is 0 Å². The molecule has 0 radical (unpaired) electrons. The van der Waals surface area contributed by atoms with Crippen molar-refractivity contribution < 1.29 is 22.7 Å². The maximum Gasteiger partial charge on any atom is 0.451 e. The van der Waals surface area contributed by atoms with Gasteiger partial charge in [0.1, 0.15) is 5.01 Å². The summed E-state index contributed by atoms with van der Waals surface area (Å²) in [7, 11) is 2.05. The van der Waals surface area contributed by atoms with Crippen LogP contribution < -0.4 is 5.32 Å². The third kappa shape index (κ3) is 5.54. The Hall–Kier alpha value is -3.42. The molecule has 1 aliphatic rings. The number of morpholine rings is 1. The highest BCUT2D eigenvalue weighted by atomic mass is 32.1. The largest absolute Gasteiger partial charge is 0.451 e. The second kappa shape index (κ2) is 10.4. The number of carbonyl (C=O) groups is 1. The predicted molar refractivity (Wildman–Crippen MR) is 136 cm³/mol. The Morgan fingerprint density at radius 2 is 1.97 bits per heavy atom. The Balaban J connectivity index is 1.46. The summed E-state index contributed by atoms with van der Waals surface area (Å²) in [6.07, 6.45) is 1.03. The topological polar surface area (TPSA) is 98.1 Å². The maximum atomic E-state index is 13.3. The van der Waals surface area contributed by atoms with E-state index in [0.717, 1.165) is 51.8 Å². The van der Waals surface area contributed by atoms with Crippen molar-refractivity contribution >= 4 is 28.1 Å². The van der Waals surface area contributed by atoms with Crippen LogP contribution in [0.15, 0.2) is 36.9 Å². The molecule has 200 valence electrons. The molecule has 1 fully saturated rings. The molecule has 0 saturated carbocycles. The van der Waals surface area contributed by atoms with E-state index in [1.165, 1.54) is 11.3 Å². The zero-order chi connectivity index (χ0) is 27.0. The molecule has 38 heavy (non-hydrogen) atoms. The average Bonchev–Trinajstić information content (AvgIpc) is 3.49. The monoisotopic (exact) mass is 545 g/mol. The number of ether oxygens (including phenoxy) is 1. The highest BCUT2D eigenvalue weighted by Gasteiger charge is 2.34. The van der Waals surface area contributed by atoms with Gasteiger partial charge < -0.3 is 15.0 Å². The zero-order valence-electron chi connectivity index (χ0n) is 21.0. The number of nitrogens with one attached hydrogen (secondary N) is 1. The number of nitrogens with zero attached hydrogens (tertiary/aromatic N) is 6.